The molecule has 19 heavy (non-hydrogen) atoms. The van der Waals surface area contributed by atoms with Gasteiger partial charge in [-0.15, -0.1) is 0 Å². The monoisotopic (exact) mass is 262 g/mol. The summed E-state index contributed by atoms with van der Waals surface area (Å²) in [6.07, 6.45) is 2.60. The van der Waals surface area contributed by atoms with E-state index in [0.29, 0.717) is 16.9 Å². The smallest absolute Gasteiger partial charge is 0.250 e. The van der Waals surface area contributed by atoms with Crippen LogP contribution >= 0.6 is 0 Å². The molecule has 0 aliphatic heterocycles. The van der Waals surface area contributed by atoms with Gasteiger partial charge < -0.3 is 16.8 Å². The molecule has 104 valence electrons. The number of primary amides is 1. The average Bonchev–Trinajstić information content (AvgIpc) is 3.20. The molecule has 5 nitrogen and oxygen atoms in total. The van der Waals surface area contributed by atoms with E-state index in [1.807, 2.05) is 0 Å². The third-order valence-corrected chi connectivity index (χ3v) is 3.53. The van der Waals surface area contributed by atoms with E-state index in [4.69, 9.17) is 11.5 Å². The molecule has 0 heterocycles. The number of nitrogens with zero attached hydrogens (tertiary/aromatic N) is 1. The number of carbonyl (C=O) groups excluding carboxylic acids is 1. The highest BCUT2D eigenvalue weighted by Crippen LogP contribution is 2.26. The maximum Gasteiger partial charge on any atom is 0.250 e. The molecule has 1 fully saturated rings. The van der Waals surface area contributed by atoms with Gasteiger partial charge in [0.25, 0.3) is 5.91 Å². The van der Waals surface area contributed by atoms with Crippen LogP contribution in [0.1, 0.15) is 30.1 Å². The van der Waals surface area contributed by atoms with Crippen LogP contribution in [0.5, 0.6) is 0 Å². The molecule has 0 spiro atoms. The van der Waals surface area contributed by atoms with Crippen LogP contribution in [0.25, 0.3) is 0 Å². The molecule has 0 unspecified atom stereocenters. The van der Waals surface area contributed by atoms with Crippen molar-refractivity contribution in [3.63, 3.8) is 0 Å². The van der Waals surface area contributed by atoms with Crippen LogP contribution in [0.2, 0.25) is 0 Å². The van der Waals surface area contributed by atoms with E-state index in [0.717, 1.165) is 25.7 Å². The van der Waals surface area contributed by atoms with E-state index in [2.05, 4.69) is 17.1 Å². The maximum absolute atomic E-state index is 11.4. The fourth-order valence-corrected chi connectivity index (χ4v) is 2.34. The number of likely N-dealkylation sites (N-methyl/N-ethyl adjacent to an activating group) is 1. The van der Waals surface area contributed by atoms with Gasteiger partial charge in [0.2, 0.25) is 0 Å². The molecule has 1 saturated carbocycles. The molecule has 1 aromatic carbocycles. The van der Waals surface area contributed by atoms with E-state index in [9.17, 15) is 4.79 Å². The first-order valence-electron chi connectivity index (χ1n) is 6.79. The van der Waals surface area contributed by atoms with Gasteiger partial charge in [-0.2, -0.15) is 0 Å². The predicted octanol–water partition coefficient (Wildman–Crippen LogP) is 1.26. The Labute approximate surface area is 113 Å². The molecule has 2 rings (SSSR count). The Balaban J connectivity index is 1.96. The summed E-state index contributed by atoms with van der Waals surface area (Å²) in [6, 6.07) is 5.95. The summed E-state index contributed by atoms with van der Waals surface area (Å²) in [4.78, 5) is 13.8. The third kappa shape index (κ3) is 3.38. The Bertz CT molecular complexity index is 457. The molecule has 0 aromatic heterocycles. The van der Waals surface area contributed by atoms with Crippen LogP contribution in [0, 0.1) is 0 Å². The minimum Gasteiger partial charge on any atom is -0.397 e. The number of nitrogens with one attached hydrogen (secondary N) is 1. The van der Waals surface area contributed by atoms with Gasteiger partial charge in [0.05, 0.1) is 16.9 Å². The van der Waals surface area contributed by atoms with E-state index < -0.39 is 5.91 Å². The summed E-state index contributed by atoms with van der Waals surface area (Å²) >= 11 is 0. The van der Waals surface area contributed by atoms with Gasteiger partial charge in [-0.05, 0) is 31.5 Å². The number of para-hydroxylation sites is 1. The molecule has 0 saturated heterocycles. The number of carbonyl (C=O) groups is 1. The topological polar surface area (TPSA) is 84.4 Å². The molecule has 0 bridgehead atoms. The van der Waals surface area contributed by atoms with E-state index in [1.165, 1.54) is 12.8 Å². The van der Waals surface area contributed by atoms with Crippen LogP contribution in [0.15, 0.2) is 18.2 Å². The largest absolute Gasteiger partial charge is 0.397 e. The van der Waals surface area contributed by atoms with E-state index >= 15 is 0 Å². The number of nitrogens with two attached hydrogens (primary N) is 2. The zero-order valence-electron chi connectivity index (χ0n) is 11.4. The maximum atomic E-state index is 11.4. The van der Waals surface area contributed by atoms with Crippen molar-refractivity contribution in [2.45, 2.75) is 25.8 Å². The van der Waals surface area contributed by atoms with Crippen LogP contribution in [0.3, 0.4) is 0 Å². The Morgan fingerprint density at radius 1 is 1.47 bits per heavy atom. The third-order valence-electron chi connectivity index (χ3n) is 3.53. The first-order valence-corrected chi connectivity index (χ1v) is 6.79. The average molecular weight is 262 g/mol. The summed E-state index contributed by atoms with van der Waals surface area (Å²) in [5.41, 5.74) is 12.9. The highest BCUT2D eigenvalue weighted by atomic mass is 16.1. The number of anilines is 2. The number of hydrogen-bond acceptors (Lipinski definition) is 4. The Kier molecular flexibility index (Phi) is 4.27. The van der Waals surface area contributed by atoms with Crippen molar-refractivity contribution < 1.29 is 4.79 Å². The van der Waals surface area contributed by atoms with Gasteiger partial charge in [0.1, 0.15) is 0 Å². The zero-order chi connectivity index (χ0) is 13.8. The van der Waals surface area contributed by atoms with Gasteiger partial charge in [-0.25, -0.2) is 0 Å². The van der Waals surface area contributed by atoms with Gasteiger partial charge >= 0.3 is 0 Å². The summed E-state index contributed by atoms with van der Waals surface area (Å²) in [7, 11) is 0. The first kappa shape index (κ1) is 13.7. The fourth-order valence-electron chi connectivity index (χ4n) is 2.34. The van der Waals surface area contributed by atoms with Crippen molar-refractivity contribution in [2.75, 3.05) is 30.7 Å². The first-order chi connectivity index (χ1) is 9.13. The zero-order valence-corrected chi connectivity index (χ0v) is 11.4. The fraction of sp³-hybridized carbons (Fsp3) is 0.500. The summed E-state index contributed by atoms with van der Waals surface area (Å²) in [6.45, 7) is 4.94. The second-order valence-corrected chi connectivity index (χ2v) is 4.92. The lowest BCUT2D eigenvalue weighted by atomic mass is 10.1. The molecular weight excluding hydrogens is 240 g/mol. The molecule has 0 atom stereocenters. The number of amides is 1. The Hall–Kier alpha value is -1.75. The van der Waals surface area contributed by atoms with Gasteiger partial charge in [-0.1, -0.05) is 13.0 Å². The van der Waals surface area contributed by atoms with Crippen molar-refractivity contribution >= 4 is 17.3 Å². The van der Waals surface area contributed by atoms with Crippen molar-refractivity contribution in [1.29, 1.82) is 0 Å². The van der Waals surface area contributed by atoms with Crippen molar-refractivity contribution in [3.8, 4) is 0 Å². The van der Waals surface area contributed by atoms with Crippen LogP contribution in [0.4, 0.5) is 11.4 Å². The number of benzene rings is 1. The van der Waals surface area contributed by atoms with Crippen molar-refractivity contribution in [3.05, 3.63) is 23.8 Å². The molecule has 5 N–H and O–H groups in total. The lowest BCUT2D eigenvalue weighted by molar-refractivity contribution is 0.100. The van der Waals surface area contributed by atoms with Gasteiger partial charge in [0.15, 0.2) is 0 Å². The predicted molar refractivity (Wildman–Crippen MR) is 78.1 cm³/mol. The summed E-state index contributed by atoms with van der Waals surface area (Å²) in [5.74, 6) is -0.454. The Morgan fingerprint density at radius 2 is 2.21 bits per heavy atom. The number of nitrogen functional groups attached to an aromatic ring is 1. The summed E-state index contributed by atoms with van der Waals surface area (Å²) in [5, 5.41) is 3.24. The lowest BCUT2D eigenvalue weighted by Gasteiger charge is -2.21. The van der Waals surface area contributed by atoms with Crippen LogP contribution < -0.4 is 16.8 Å². The SMILES string of the molecule is CCN(CCNc1c(N)cccc1C(N)=O)C1CC1. The quantitative estimate of drug-likeness (QED) is 0.646. The molecule has 1 aromatic rings. The summed E-state index contributed by atoms with van der Waals surface area (Å²) < 4.78 is 0. The van der Waals surface area contributed by atoms with Crippen LogP contribution in [-0.2, 0) is 0 Å². The molecule has 1 aliphatic carbocycles. The minimum absolute atomic E-state index is 0.453. The van der Waals surface area contributed by atoms with Gasteiger partial charge in [-0.3, -0.25) is 9.69 Å². The number of hydrogen-bond donors (Lipinski definition) is 3. The van der Waals surface area contributed by atoms with Crippen molar-refractivity contribution in [2.24, 2.45) is 5.73 Å². The molecule has 0 radical (unpaired) electrons. The van der Waals surface area contributed by atoms with E-state index in [1.54, 1.807) is 18.2 Å². The molecule has 1 aliphatic rings. The Morgan fingerprint density at radius 3 is 2.79 bits per heavy atom. The van der Waals surface area contributed by atoms with Crippen molar-refractivity contribution in [1.82, 2.24) is 4.90 Å². The second kappa shape index (κ2) is 5.93. The standard InChI is InChI=1S/C14H22N4O/c1-2-18(10-6-7-10)9-8-17-13-11(14(16)19)4-3-5-12(13)15/h3-5,10,17H,2,6-9,15H2,1H3,(H2,16,19). The highest BCUT2D eigenvalue weighted by Gasteiger charge is 2.27. The van der Waals surface area contributed by atoms with Crippen LogP contribution in [-0.4, -0.2) is 36.5 Å². The second-order valence-electron chi connectivity index (χ2n) is 4.92. The highest BCUT2D eigenvalue weighted by molar-refractivity contribution is 6.01. The molecule has 5 heteroatoms. The number of rotatable bonds is 7. The lowest BCUT2D eigenvalue weighted by Crippen LogP contribution is -2.31. The van der Waals surface area contributed by atoms with Gasteiger partial charge in [0, 0.05) is 19.1 Å². The van der Waals surface area contributed by atoms with E-state index in [-0.39, 0.29) is 0 Å². The minimum atomic E-state index is -0.454. The normalized spacial score (nSPS) is 14.6. The molecular formula is C14H22N4O. The molecule has 1 amide bonds.